The summed E-state index contributed by atoms with van der Waals surface area (Å²) in [6, 6.07) is 0. The van der Waals surface area contributed by atoms with E-state index in [2.05, 4.69) is 11.9 Å². The summed E-state index contributed by atoms with van der Waals surface area (Å²) < 4.78 is 5.49. The fourth-order valence-corrected chi connectivity index (χ4v) is 1.45. The Morgan fingerprint density at radius 1 is 1.64 bits per heavy atom. The predicted octanol–water partition coefficient (Wildman–Crippen LogP) is 0.0559. The summed E-state index contributed by atoms with van der Waals surface area (Å²) in [5.41, 5.74) is 5.42. The van der Waals surface area contributed by atoms with E-state index >= 15 is 0 Å². The fourth-order valence-electron chi connectivity index (χ4n) is 1.45. The Morgan fingerprint density at radius 2 is 2.45 bits per heavy atom. The van der Waals surface area contributed by atoms with E-state index in [0.717, 1.165) is 26.2 Å². The second kappa shape index (κ2) is 4.70. The molecule has 0 aromatic rings. The standard InChI is InChI=1S/C8H18N2O/c1-10(5-4-9)7-8-3-2-6-11-8/h8H,2-7,9H2,1H3. The quantitative estimate of drug-likeness (QED) is 0.628. The van der Waals surface area contributed by atoms with Crippen LogP contribution in [-0.4, -0.2) is 44.3 Å². The zero-order chi connectivity index (χ0) is 8.10. The van der Waals surface area contributed by atoms with Crippen LogP contribution < -0.4 is 5.73 Å². The van der Waals surface area contributed by atoms with Gasteiger partial charge in [-0.15, -0.1) is 0 Å². The zero-order valence-electron chi connectivity index (χ0n) is 7.25. The number of likely N-dealkylation sites (N-methyl/N-ethyl adjacent to an activating group) is 1. The molecule has 1 saturated heterocycles. The number of rotatable bonds is 4. The molecule has 1 heterocycles. The number of ether oxygens (including phenoxy) is 1. The van der Waals surface area contributed by atoms with E-state index in [4.69, 9.17) is 10.5 Å². The van der Waals surface area contributed by atoms with E-state index in [1.54, 1.807) is 0 Å². The third-order valence-corrected chi connectivity index (χ3v) is 2.05. The van der Waals surface area contributed by atoms with E-state index < -0.39 is 0 Å². The molecule has 0 spiro atoms. The number of nitrogens with two attached hydrogens (primary N) is 1. The van der Waals surface area contributed by atoms with Crippen molar-refractivity contribution in [1.29, 1.82) is 0 Å². The normalized spacial score (nSPS) is 24.8. The van der Waals surface area contributed by atoms with Crippen LogP contribution in [0.3, 0.4) is 0 Å². The van der Waals surface area contributed by atoms with Crippen molar-refractivity contribution in [2.24, 2.45) is 5.73 Å². The third kappa shape index (κ3) is 3.18. The molecule has 3 nitrogen and oxygen atoms in total. The molecule has 3 heteroatoms. The van der Waals surface area contributed by atoms with Crippen molar-refractivity contribution >= 4 is 0 Å². The van der Waals surface area contributed by atoms with Gasteiger partial charge in [-0.2, -0.15) is 0 Å². The Labute approximate surface area is 68.5 Å². The lowest BCUT2D eigenvalue weighted by Gasteiger charge is -2.19. The maximum Gasteiger partial charge on any atom is 0.0702 e. The molecular weight excluding hydrogens is 140 g/mol. The van der Waals surface area contributed by atoms with Crippen molar-refractivity contribution < 1.29 is 4.74 Å². The van der Waals surface area contributed by atoms with Crippen LogP contribution in [0.5, 0.6) is 0 Å². The highest BCUT2D eigenvalue weighted by Crippen LogP contribution is 2.12. The lowest BCUT2D eigenvalue weighted by atomic mass is 10.2. The summed E-state index contributed by atoms with van der Waals surface area (Å²) in [4.78, 5) is 2.23. The molecule has 1 aliphatic heterocycles. The number of hydrogen-bond donors (Lipinski definition) is 1. The lowest BCUT2D eigenvalue weighted by molar-refractivity contribution is 0.0821. The van der Waals surface area contributed by atoms with Gasteiger partial charge in [-0.3, -0.25) is 0 Å². The highest BCUT2D eigenvalue weighted by atomic mass is 16.5. The second-order valence-electron chi connectivity index (χ2n) is 3.19. The monoisotopic (exact) mass is 158 g/mol. The summed E-state index contributed by atoms with van der Waals surface area (Å²) in [5, 5.41) is 0. The van der Waals surface area contributed by atoms with E-state index in [0.29, 0.717) is 6.10 Å². The Kier molecular flexibility index (Phi) is 3.83. The molecular formula is C8H18N2O. The van der Waals surface area contributed by atoms with Crippen LogP contribution in [0.2, 0.25) is 0 Å². The summed E-state index contributed by atoms with van der Waals surface area (Å²) in [6.45, 7) is 3.70. The summed E-state index contributed by atoms with van der Waals surface area (Å²) in [5.74, 6) is 0. The topological polar surface area (TPSA) is 38.5 Å². The molecule has 0 aliphatic carbocycles. The average molecular weight is 158 g/mol. The number of hydrogen-bond acceptors (Lipinski definition) is 3. The molecule has 1 fully saturated rings. The zero-order valence-corrected chi connectivity index (χ0v) is 7.25. The van der Waals surface area contributed by atoms with Crippen LogP contribution in [0.25, 0.3) is 0 Å². The average Bonchev–Trinajstić information content (AvgIpc) is 2.40. The molecule has 1 unspecified atom stereocenters. The minimum atomic E-state index is 0.464. The molecule has 0 aromatic carbocycles. The third-order valence-electron chi connectivity index (χ3n) is 2.05. The van der Waals surface area contributed by atoms with Gasteiger partial charge in [0.25, 0.3) is 0 Å². The second-order valence-corrected chi connectivity index (χ2v) is 3.19. The molecule has 1 atom stereocenters. The summed E-state index contributed by atoms with van der Waals surface area (Å²) in [6.07, 6.45) is 2.90. The Hall–Kier alpha value is -0.120. The first kappa shape index (κ1) is 8.97. The molecule has 0 amide bonds. The van der Waals surface area contributed by atoms with Gasteiger partial charge in [0, 0.05) is 26.2 Å². The van der Waals surface area contributed by atoms with Crippen molar-refractivity contribution in [3.8, 4) is 0 Å². The van der Waals surface area contributed by atoms with E-state index in [1.165, 1.54) is 12.8 Å². The first-order valence-corrected chi connectivity index (χ1v) is 4.33. The predicted molar refractivity (Wildman–Crippen MR) is 45.5 cm³/mol. The lowest BCUT2D eigenvalue weighted by Crippen LogP contribution is -2.32. The van der Waals surface area contributed by atoms with Gasteiger partial charge in [-0.25, -0.2) is 0 Å². The van der Waals surface area contributed by atoms with Crippen LogP contribution >= 0.6 is 0 Å². The minimum absolute atomic E-state index is 0.464. The maximum absolute atomic E-state index is 5.49. The molecule has 0 aromatic heterocycles. The van der Waals surface area contributed by atoms with Crippen LogP contribution in [0.15, 0.2) is 0 Å². The first-order valence-electron chi connectivity index (χ1n) is 4.33. The van der Waals surface area contributed by atoms with Gasteiger partial charge in [0.15, 0.2) is 0 Å². The number of nitrogens with zero attached hydrogens (tertiary/aromatic N) is 1. The summed E-state index contributed by atoms with van der Waals surface area (Å²) >= 11 is 0. The first-order chi connectivity index (χ1) is 5.33. The molecule has 0 radical (unpaired) electrons. The van der Waals surface area contributed by atoms with Crippen molar-refractivity contribution in [3.05, 3.63) is 0 Å². The Morgan fingerprint density at radius 3 is 3.00 bits per heavy atom. The minimum Gasteiger partial charge on any atom is -0.377 e. The van der Waals surface area contributed by atoms with Crippen molar-refractivity contribution in [1.82, 2.24) is 4.90 Å². The Balaban J connectivity index is 2.08. The molecule has 11 heavy (non-hydrogen) atoms. The molecule has 0 bridgehead atoms. The molecule has 0 saturated carbocycles. The Bertz CT molecular complexity index is 102. The van der Waals surface area contributed by atoms with Gasteiger partial charge in [0.1, 0.15) is 0 Å². The van der Waals surface area contributed by atoms with Gasteiger partial charge < -0.3 is 15.4 Å². The SMILES string of the molecule is CN(CCN)CC1CCCO1. The van der Waals surface area contributed by atoms with Gasteiger partial charge in [-0.1, -0.05) is 0 Å². The van der Waals surface area contributed by atoms with Crippen molar-refractivity contribution in [2.75, 3.05) is 33.3 Å². The molecule has 2 N–H and O–H groups in total. The van der Waals surface area contributed by atoms with Crippen molar-refractivity contribution in [3.63, 3.8) is 0 Å². The molecule has 66 valence electrons. The summed E-state index contributed by atoms with van der Waals surface area (Å²) in [7, 11) is 2.09. The maximum atomic E-state index is 5.49. The van der Waals surface area contributed by atoms with Crippen LogP contribution in [0, 0.1) is 0 Å². The highest BCUT2D eigenvalue weighted by molar-refractivity contribution is 4.68. The van der Waals surface area contributed by atoms with Gasteiger partial charge in [0.2, 0.25) is 0 Å². The van der Waals surface area contributed by atoms with E-state index in [9.17, 15) is 0 Å². The van der Waals surface area contributed by atoms with Gasteiger partial charge >= 0.3 is 0 Å². The van der Waals surface area contributed by atoms with Crippen LogP contribution in [0.4, 0.5) is 0 Å². The smallest absolute Gasteiger partial charge is 0.0702 e. The van der Waals surface area contributed by atoms with Crippen molar-refractivity contribution in [2.45, 2.75) is 18.9 Å². The van der Waals surface area contributed by atoms with E-state index in [1.807, 2.05) is 0 Å². The highest BCUT2D eigenvalue weighted by Gasteiger charge is 2.16. The van der Waals surface area contributed by atoms with E-state index in [-0.39, 0.29) is 0 Å². The van der Waals surface area contributed by atoms with Crippen LogP contribution in [0.1, 0.15) is 12.8 Å². The van der Waals surface area contributed by atoms with Crippen LogP contribution in [-0.2, 0) is 4.74 Å². The van der Waals surface area contributed by atoms with Gasteiger partial charge in [-0.05, 0) is 19.9 Å². The molecule has 1 aliphatic rings. The van der Waals surface area contributed by atoms with Gasteiger partial charge in [0.05, 0.1) is 6.10 Å². The largest absolute Gasteiger partial charge is 0.377 e. The fraction of sp³-hybridized carbons (Fsp3) is 1.00. The molecule has 1 rings (SSSR count).